The van der Waals surface area contributed by atoms with E-state index in [9.17, 15) is 4.79 Å². The minimum atomic E-state index is -0.460. The van der Waals surface area contributed by atoms with E-state index in [-0.39, 0.29) is 6.09 Å². The number of carbonyl (C=O) groups excluding carboxylic acids is 1. The number of hydrogen-bond acceptors (Lipinski definition) is 3. The summed E-state index contributed by atoms with van der Waals surface area (Å²) in [4.78, 5) is 13.8. The maximum absolute atomic E-state index is 12.1. The highest BCUT2D eigenvalue weighted by Gasteiger charge is 2.27. The van der Waals surface area contributed by atoms with Crippen molar-refractivity contribution in [2.24, 2.45) is 0 Å². The van der Waals surface area contributed by atoms with Crippen LogP contribution in [0, 0.1) is 0 Å². The third kappa shape index (κ3) is 3.26. The average Bonchev–Trinajstić information content (AvgIpc) is 2.37. The molecule has 0 bridgehead atoms. The summed E-state index contributed by atoms with van der Waals surface area (Å²) in [5.74, 6) is 0.828. The Kier molecular flexibility index (Phi) is 4.28. The molecule has 0 saturated heterocycles. The number of carbonyl (C=O) groups is 1. The van der Waals surface area contributed by atoms with Crippen molar-refractivity contribution in [3.05, 3.63) is 27.7 Å². The van der Waals surface area contributed by atoms with Crippen molar-refractivity contribution in [1.29, 1.82) is 0 Å². The lowest BCUT2D eigenvalue weighted by Crippen LogP contribution is -2.40. The summed E-state index contributed by atoms with van der Waals surface area (Å²) in [6, 6.07) is 3.93. The summed E-state index contributed by atoms with van der Waals surface area (Å²) in [5, 5.41) is 0. The zero-order chi connectivity index (χ0) is 14.9. The van der Waals surface area contributed by atoms with Gasteiger partial charge in [0.25, 0.3) is 0 Å². The Bertz CT molecular complexity index is 523. The van der Waals surface area contributed by atoms with Gasteiger partial charge >= 0.3 is 6.09 Å². The molecule has 0 fully saturated rings. The first-order chi connectivity index (χ1) is 9.31. The lowest BCUT2D eigenvalue weighted by atomic mass is 10.00. The highest BCUT2D eigenvalue weighted by molar-refractivity contribution is 9.10. The summed E-state index contributed by atoms with van der Waals surface area (Å²) < 4.78 is 11.7. The van der Waals surface area contributed by atoms with Crippen LogP contribution in [0.1, 0.15) is 31.9 Å². The summed E-state index contributed by atoms with van der Waals surface area (Å²) in [6.45, 7) is 6.87. The van der Waals surface area contributed by atoms with E-state index < -0.39 is 5.60 Å². The molecule has 1 aromatic rings. The molecule has 1 amide bonds. The molecule has 5 heteroatoms. The predicted molar refractivity (Wildman–Crippen MR) is 81.0 cm³/mol. The van der Waals surface area contributed by atoms with Gasteiger partial charge in [0, 0.05) is 13.1 Å². The highest BCUT2D eigenvalue weighted by atomic mass is 79.9. The molecular formula is C15H20BrNO3. The molecule has 0 saturated carbocycles. The molecule has 0 unspecified atom stereocenters. The molecule has 1 heterocycles. The number of methoxy groups -OCH3 is 1. The van der Waals surface area contributed by atoms with E-state index in [1.165, 1.54) is 5.56 Å². The molecule has 0 atom stereocenters. The molecule has 110 valence electrons. The molecule has 0 N–H and O–H groups in total. The Balaban J connectivity index is 2.16. The van der Waals surface area contributed by atoms with Crippen LogP contribution in [0.25, 0.3) is 0 Å². The van der Waals surface area contributed by atoms with Crippen molar-refractivity contribution >= 4 is 22.0 Å². The zero-order valence-corrected chi connectivity index (χ0v) is 13.9. The summed E-state index contributed by atoms with van der Waals surface area (Å²) in [7, 11) is 1.66. The van der Waals surface area contributed by atoms with Gasteiger partial charge in [0.15, 0.2) is 0 Å². The SMILES string of the molecule is COc1ccc2c(c1Br)CCN(C(=O)OC(C)(C)C)C2. The highest BCUT2D eigenvalue weighted by Crippen LogP contribution is 2.34. The zero-order valence-electron chi connectivity index (χ0n) is 12.3. The van der Waals surface area contributed by atoms with Crippen molar-refractivity contribution in [2.45, 2.75) is 39.3 Å². The second kappa shape index (κ2) is 5.64. The first-order valence-electron chi connectivity index (χ1n) is 6.64. The molecule has 20 heavy (non-hydrogen) atoms. The van der Waals surface area contributed by atoms with Crippen LogP contribution in [-0.4, -0.2) is 30.2 Å². The van der Waals surface area contributed by atoms with Gasteiger partial charge in [0.05, 0.1) is 11.6 Å². The Morgan fingerprint density at radius 3 is 2.65 bits per heavy atom. The molecule has 0 spiro atoms. The van der Waals surface area contributed by atoms with E-state index in [0.717, 1.165) is 22.2 Å². The standard InChI is InChI=1S/C15H20BrNO3/c1-15(2,3)20-14(18)17-8-7-11-10(9-17)5-6-12(19-4)13(11)16/h5-6H,7-9H2,1-4H3. The number of fused-ring (bicyclic) bond motifs is 1. The lowest BCUT2D eigenvalue weighted by molar-refractivity contribution is 0.0223. The Morgan fingerprint density at radius 1 is 1.35 bits per heavy atom. The van der Waals surface area contributed by atoms with Crippen LogP contribution in [0.5, 0.6) is 5.75 Å². The number of halogens is 1. The van der Waals surface area contributed by atoms with Gasteiger partial charge in [-0.3, -0.25) is 0 Å². The first-order valence-corrected chi connectivity index (χ1v) is 7.43. The largest absolute Gasteiger partial charge is 0.496 e. The van der Waals surface area contributed by atoms with Gasteiger partial charge in [0.1, 0.15) is 11.4 Å². The lowest BCUT2D eigenvalue weighted by Gasteiger charge is -2.31. The van der Waals surface area contributed by atoms with E-state index in [0.29, 0.717) is 13.1 Å². The van der Waals surface area contributed by atoms with Crippen LogP contribution in [0.2, 0.25) is 0 Å². The first kappa shape index (κ1) is 15.2. The average molecular weight is 342 g/mol. The molecule has 2 rings (SSSR count). The van der Waals surface area contributed by atoms with Crippen molar-refractivity contribution in [1.82, 2.24) is 4.90 Å². The molecule has 1 aromatic carbocycles. The molecule has 0 aromatic heterocycles. The molecule has 0 radical (unpaired) electrons. The Morgan fingerprint density at radius 2 is 2.05 bits per heavy atom. The maximum atomic E-state index is 12.1. The number of benzene rings is 1. The van der Waals surface area contributed by atoms with Crippen molar-refractivity contribution in [3.8, 4) is 5.75 Å². The van der Waals surface area contributed by atoms with E-state index >= 15 is 0 Å². The number of amides is 1. The van der Waals surface area contributed by atoms with Crippen LogP contribution < -0.4 is 4.74 Å². The number of nitrogens with zero attached hydrogens (tertiary/aromatic N) is 1. The molecule has 4 nitrogen and oxygen atoms in total. The third-order valence-corrected chi connectivity index (χ3v) is 4.04. The molecule has 0 aliphatic carbocycles. The van der Waals surface area contributed by atoms with Crippen LogP contribution >= 0.6 is 15.9 Å². The monoisotopic (exact) mass is 341 g/mol. The van der Waals surface area contributed by atoms with Gasteiger partial charge in [-0.15, -0.1) is 0 Å². The van der Waals surface area contributed by atoms with E-state index in [1.54, 1.807) is 12.0 Å². The summed E-state index contributed by atoms with van der Waals surface area (Å²) >= 11 is 3.57. The van der Waals surface area contributed by atoms with Gasteiger partial charge in [-0.25, -0.2) is 4.79 Å². The topological polar surface area (TPSA) is 38.8 Å². The normalized spacial score (nSPS) is 14.8. The second-order valence-electron chi connectivity index (χ2n) is 5.87. The Labute approximate surface area is 128 Å². The van der Waals surface area contributed by atoms with Gasteiger partial charge in [-0.2, -0.15) is 0 Å². The van der Waals surface area contributed by atoms with Crippen LogP contribution in [0.15, 0.2) is 16.6 Å². The third-order valence-electron chi connectivity index (χ3n) is 3.17. The quantitative estimate of drug-likeness (QED) is 0.780. The van der Waals surface area contributed by atoms with E-state index in [4.69, 9.17) is 9.47 Å². The number of hydrogen-bond donors (Lipinski definition) is 0. The van der Waals surface area contributed by atoms with Gasteiger partial charge < -0.3 is 14.4 Å². The van der Waals surface area contributed by atoms with Crippen LogP contribution in [-0.2, 0) is 17.7 Å². The van der Waals surface area contributed by atoms with Crippen molar-refractivity contribution < 1.29 is 14.3 Å². The van der Waals surface area contributed by atoms with E-state index in [2.05, 4.69) is 15.9 Å². The fourth-order valence-corrected chi connectivity index (χ4v) is 2.98. The van der Waals surface area contributed by atoms with Crippen molar-refractivity contribution in [3.63, 3.8) is 0 Å². The maximum Gasteiger partial charge on any atom is 0.410 e. The van der Waals surface area contributed by atoms with Gasteiger partial charge in [0.2, 0.25) is 0 Å². The van der Waals surface area contributed by atoms with Gasteiger partial charge in [-0.05, 0) is 60.3 Å². The number of ether oxygens (including phenoxy) is 2. The fourth-order valence-electron chi connectivity index (χ4n) is 2.23. The van der Waals surface area contributed by atoms with Crippen molar-refractivity contribution in [2.75, 3.05) is 13.7 Å². The Hall–Kier alpha value is -1.23. The molecule has 1 aliphatic rings. The number of rotatable bonds is 1. The fraction of sp³-hybridized carbons (Fsp3) is 0.533. The van der Waals surface area contributed by atoms with Crippen LogP contribution in [0.4, 0.5) is 4.79 Å². The summed E-state index contributed by atoms with van der Waals surface area (Å²) in [5.41, 5.74) is 1.89. The molecular weight excluding hydrogens is 322 g/mol. The second-order valence-corrected chi connectivity index (χ2v) is 6.66. The van der Waals surface area contributed by atoms with E-state index in [1.807, 2.05) is 32.9 Å². The minimum absolute atomic E-state index is 0.255. The minimum Gasteiger partial charge on any atom is -0.496 e. The smallest absolute Gasteiger partial charge is 0.410 e. The predicted octanol–water partition coefficient (Wildman–Crippen LogP) is 3.75. The molecule has 1 aliphatic heterocycles. The van der Waals surface area contributed by atoms with Crippen LogP contribution in [0.3, 0.4) is 0 Å². The summed E-state index contributed by atoms with van der Waals surface area (Å²) in [6.07, 6.45) is 0.543. The van der Waals surface area contributed by atoms with Gasteiger partial charge in [-0.1, -0.05) is 6.07 Å².